The van der Waals surface area contributed by atoms with E-state index in [-0.39, 0.29) is 5.91 Å². The van der Waals surface area contributed by atoms with E-state index in [9.17, 15) is 4.79 Å². The number of aryl methyl sites for hydroxylation is 2. The Morgan fingerprint density at radius 1 is 1.37 bits per heavy atom. The van der Waals surface area contributed by atoms with Gasteiger partial charge >= 0.3 is 0 Å². The summed E-state index contributed by atoms with van der Waals surface area (Å²) in [5, 5.41) is 10.0. The molecule has 96 valence electrons. The van der Waals surface area contributed by atoms with Crippen molar-refractivity contribution < 1.29 is 4.79 Å². The Hall–Kier alpha value is -2.21. The number of carbonyl (C=O) groups excluding carboxylic acids is 1. The molecule has 1 aromatic carbocycles. The first-order chi connectivity index (χ1) is 9.13. The van der Waals surface area contributed by atoms with Crippen molar-refractivity contribution in [2.24, 2.45) is 0 Å². The second-order valence-electron chi connectivity index (χ2n) is 4.33. The smallest absolute Gasteiger partial charge is 0.277 e. The van der Waals surface area contributed by atoms with E-state index in [0.29, 0.717) is 10.8 Å². The Morgan fingerprint density at radius 3 is 2.89 bits per heavy atom. The Morgan fingerprint density at radius 2 is 2.21 bits per heavy atom. The van der Waals surface area contributed by atoms with Crippen molar-refractivity contribution in [1.82, 2.24) is 15.2 Å². The summed E-state index contributed by atoms with van der Waals surface area (Å²) in [5.41, 5.74) is 3.25. The number of thiazole rings is 1. The van der Waals surface area contributed by atoms with Crippen LogP contribution in [0.15, 0.2) is 24.3 Å². The van der Waals surface area contributed by atoms with E-state index < -0.39 is 0 Å². The highest BCUT2D eigenvalue weighted by atomic mass is 32.1. The fourth-order valence-corrected chi connectivity index (χ4v) is 2.77. The summed E-state index contributed by atoms with van der Waals surface area (Å²) in [4.78, 5) is 16.4. The Balaban J connectivity index is 1.89. The lowest BCUT2D eigenvalue weighted by Gasteiger charge is -1.96. The molecule has 1 amide bonds. The summed E-state index contributed by atoms with van der Waals surface area (Å²) in [6, 6.07) is 7.69. The van der Waals surface area contributed by atoms with Crippen LogP contribution in [0.25, 0.3) is 10.2 Å². The lowest BCUT2D eigenvalue weighted by molar-refractivity contribution is 0.102. The maximum absolute atomic E-state index is 12.0. The van der Waals surface area contributed by atoms with Crippen LogP contribution >= 0.6 is 11.3 Å². The highest BCUT2D eigenvalue weighted by Crippen LogP contribution is 2.28. The van der Waals surface area contributed by atoms with Crippen LogP contribution < -0.4 is 5.32 Å². The summed E-state index contributed by atoms with van der Waals surface area (Å²) in [7, 11) is 0. The molecule has 6 heteroatoms. The summed E-state index contributed by atoms with van der Waals surface area (Å²) >= 11 is 1.46. The molecule has 19 heavy (non-hydrogen) atoms. The zero-order valence-corrected chi connectivity index (χ0v) is 11.3. The molecule has 0 fully saturated rings. The third-order valence-electron chi connectivity index (χ3n) is 2.78. The predicted octanol–water partition coefficient (Wildman–Crippen LogP) is 2.89. The van der Waals surface area contributed by atoms with Gasteiger partial charge in [-0.3, -0.25) is 15.2 Å². The summed E-state index contributed by atoms with van der Waals surface area (Å²) in [6.07, 6.45) is 0. The number of anilines is 1. The molecule has 0 aliphatic rings. The molecular formula is C13H12N4OS. The predicted molar refractivity (Wildman–Crippen MR) is 75.6 cm³/mol. The van der Waals surface area contributed by atoms with Gasteiger partial charge in [0.25, 0.3) is 5.91 Å². The van der Waals surface area contributed by atoms with E-state index in [0.717, 1.165) is 21.5 Å². The molecule has 0 saturated heterocycles. The van der Waals surface area contributed by atoms with Gasteiger partial charge in [-0.2, -0.15) is 5.10 Å². The molecule has 2 N–H and O–H groups in total. The van der Waals surface area contributed by atoms with Crippen molar-refractivity contribution in [2.75, 3.05) is 5.32 Å². The van der Waals surface area contributed by atoms with Gasteiger partial charge in [0, 0.05) is 5.69 Å². The normalized spacial score (nSPS) is 10.8. The van der Waals surface area contributed by atoms with Crippen LogP contribution in [0.3, 0.4) is 0 Å². The molecule has 0 aliphatic carbocycles. The number of hydrogen-bond acceptors (Lipinski definition) is 4. The molecule has 3 rings (SSSR count). The van der Waals surface area contributed by atoms with Crippen molar-refractivity contribution in [2.45, 2.75) is 13.8 Å². The number of benzene rings is 1. The lowest BCUT2D eigenvalue weighted by atomic mass is 10.2. The number of rotatable bonds is 2. The number of nitrogens with zero attached hydrogens (tertiary/aromatic N) is 2. The van der Waals surface area contributed by atoms with Crippen molar-refractivity contribution in [3.8, 4) is 0 Å². The standard InChI is InChI=1S/C13H12N4OS/c1-7-4-3-5-10-11(7)14-13(19-10)15-12(18)9-6-8(2)16-17-9/h3-6H,1-2H3,(H,16,17)(H,14,15,18). The summed E-state index contributed by atoms with van der Waals surface area (Å²) < 4.78 is 1.06. The van der Waals surface area contributed by atoms with Gasteiger partial charge in [-0.1, -0.05) is 23.5 Å². The van der Waals surface area contributed by atoms with E-state index in [2.05, 4.69) is 20.5 Å². The van der Waals surface area contributed by atoms with E-state index in [1.807, 2.05) is 32.0 Å². The molecule has 0 saturated carbocycles. The van der Waals surface area contributed by atoms with Gasteiger partial charge in [-0.05, 0) is 31.5 Å². The average Bonchev–Trinajstić information content (AvgIpc) is 2.96. The monoisotopic (exact) mass is 272 g/mol. The topological polar surface area (TPSA) is 70.7 Å². The summed E-state index contributed by atoms with van der Waals surface area (Å²) in [5.74, 6) is -0.249. The maximum atomic E-state index is 12.0. The first-order valence-electron chi connectivity index (χ1n) is 5.83. The van der Waals surface area contributed by atoms with Crippen LogP contribution in [-0.4, -0.2) is 21.1 Å². The van der Waals surface area contributed by atoms with Crippen LogP contribution in [-0.2, 0) is 0 Å². The maximum Gasteiger partial charge on any atom is 0.277 e. The molecule has 0 bridgehead atoms. The largest absolute Gasteiger partial charge is 0.296 e. The molecular weight excluding hydrogens is 260 g/mol. The minimum atomic E-state index is -0.249. The number of nitrogens with one attached hydrogen (secondary N) is 2. The minimum Gasteiger partial charge on any atom is -0.296 e. The Bertz CT molecular complexity index is 759. The highest BCUT2D eigenvalue weighted by molar-refractivity contribution is 7.22. The second kappa shape index (κ2) is 4.47. The van der Waals surface area contributed by atoms with Crippen LogP contribution in [0, 0.1) is 13.8 Å². The molecule has 0 aliphatic heterocycles. The number of amides is 1. The van der Waals surface area contributed by atoms with Crippen LogP contribution in [0.2, 0.25) is 0 Å². The first kappa shape index (κ1) is 11.9. The molecule has 0 unspecified atom stereocenters. The van der Waals surface area contributed by atoms with E-state index >= 15 is 0 Å². The number of aromatic amines is 1. The number of carbonyl (C=O) groups is 1. The molecule has 3 aromatic rings. The second-order valence-corrected chi connectivity index (χ2v) is 5.36. The number of aromatic nitrogens is 3. The molecule has 5 nitrogen and oxygen atoms in total. The van der Waals surface area contributed by atoms with E-state index in [1.54, 1.807) is 6.07 Å². The van der Waals surface area contributed by atoms with Crippen molar-refractivity contribution in [3.63, 3.8) is 0 Å². The SMILES string of the molecule is Cc1cc(C(=O)Nc2nc3c(C)cccc3s2)n[nH]1. The van der Waals surface area contributed by atoms with Gasteiger partial charge in [0.2, 0.25) is 0 Å². The first-order valence-corrected chi connectivity index (χ1v) is 6.64. The number of para-hydroxylation sites is 1. The van der Waals surface area contributed by atoms with Gasteiger partial charge in [0.15, 0.2) is 10.8 Å². The van der Waals surface area contributed by atoms with Crippen molar-refractivity contribution in [3.05, 3.63) is 41.2 Å². The Labute approximate surface area is 113 Å². The minimum absolute atomic E-state index is 0.249. The third-order valence-corrected chi connectivity index (χ3v) is 3.72. The quantitative estimate of drug-likeness (QED) is 0.753. The lowest BCUT2D eigenvalue weighted by Crippen LogP contribution is -2.12. The van der Waals surface area contributed by atoms with Gasteiger partial charge < -0.3 is 0 Å². The van der Waals surface area contributed by atoms with Gasteiger partial charge in [-0.15, -0.1) is 0 Å². The molecule has 0 spiro atoms. The van der Waals surface area contributed by atoms with Crippen LogP contribution in [0.5, 0.6) is 0 Å². The van der Waals surface area contributed by atoms with Gasteiger partial charge in [0.1, 0.15) is 0 Å². The van der Waals surface area contributed by atoms with Gasteiger partial charge in [-0.25, -0.2) is 4.98 Å². The molecule has 2 aromatic heterocycles. The fourth-order valence-electron chi connectivity index (χ4n) is 1.84. The number of H-pyrrole nitrogens is 1. The number of hydrogen-bond donors (Lipinski definition) is 2. The third kappa shape index (κ3) is 2.22. The van der Waals surface area contributed by atoms with Gasteiger partial charge in [0.05, 0.1) is 10.2 Å². The molecule has 2 heterocycles. The van der Waals surface area contributed by atoms with Crippen LogP contribution in [0.1, 0.15) is 21.7 Å². The molecule has 0 radical (unpaired) electrons. The van der Waals surface area contributed by atoms with Crippen LogP contribution in [0.4, 0.5) is 5.13 Å². The highest BCUT2D eigenvalue weighted by Gasteiger charge is 2.12. The van der Waals surface area contributed by atoms with Crippen molar-refractivity contribution in [1.29, 1.82) is 0 Å². The molecule has 0 atom stereocenters. The zero-order valence-electron chi connectivity index (χ0n) is 10.5. The van der Waals surface area contributed by atoms with Crippen molar-refractivity contribution >= 4 is 32.6 Å². The van der Waals surface area contributed by atoms with E-state index in [1.165, 1.54) is 11.3 Å². The Kier molecular flexibility index (Phi) is 2.79. The van der Waals surface area contributed by atoms with E-state index in [4.69, 9.17) is 0 Å². The summed E-state index contributed by atoms with van der Waals surface area (Å²) in [6.45, 7) is 3.86. The average molecular weight is 272 g/mol. The number of fused-ring (bicyclic) bond motifs is 1. The zero-order chi connectivity index (χ0) is 13.4. The fraction of sp³-hybridized carbons (Fsp3) is 0.154.